The molecule has 45 heavy (non-hydrogen) atoms. The third-order valence-corrected chi connectivity index (χ3v) is 9.26. The molecule has 4 aromatic rings. The van der Waals surface area contributed by atoms with E-state index in [1.165, 1.54) is 30.0 Å². The van der Waals surface area contributed by atoms with Crippen molar-refractivity contribution < 1.29 is 14.0 Å². The molecule has 1 aliphatic carbocycles. The molecule has 3 heterocycles. The maximum Gasteiger partial charge on any atom is 0.323 e. The zero-order valence-electron chi connectivity index (χ0n) is 25.0. The molecule has 3 atom stereocenters. The van der Waals surface area contributed by atoms with E-state index in [0.29, 0.717) is 29.7 Å². The van der Waals surface area contributed by atoms with Crippen LogP contribution in [0.15, 0.2) is 91.4 Å². The van der Waals surface area contributed by atoms with E-state index in [1.54, 1.807) is 36.7 Å². The second kappa shape index (κ2) is 13.3. The maximum absolute atomic E-state index is 15.4. The molecule has 2 fully saturated rings. The molecule has 2 aromatic heterocycles. The summed E-state index contributed by atoms with van der Waals surface area (Å²) in [5.41, 5.74) is 2.35. The van der Waals surface area contributed by atoms with E-state index in [-0.39, 0.29) is 11.6 Å². The van der Waals surface area contributed by atoms with Crippen LogP contribution in [0.25, 0.3) is 0 Å². The zero-order chi connectivity index (χ0) is 31.4. The summed E-state index contributed by atoms with van der Waals surface area (Å²) in [4.78, 5) is 37.3. The first-order valence-corrected chi connectivity index (χ1v) is 15.7. The van der Waals surface area contributed by atoms with Gasteiger partial charge in [-0.3, -0.25) is 15.1 Å². The molecular weight excluding hydrogens is 591 g/mol. The van der Waals surface area contributed by atoms with Gasteiger partial charge in [0.1, 0.15) is 17.7 Å². The minimum atomic E-state index is -0.838. The Bertz CT molecular complexity index is 1640. The Morgan fingerprint density at radius 2 is 1.78 bits per heavy atom. The smallest absolute Gasteiger partial charge is 0.322 e. The van der Waals surface area contributed by atoms with Crippen molar-refractivity contribution in [3.05, 3.63) is 119 Å². The zero-order valence-corrected chi connectivity index (χ0v) is 25.8. The second-order valence-electron chi connectivity index (χ2n) is 11.9. The van der Waals surface area contributed by atoms with Crippen molar-refractivity contribution in [2.45, 2.75) is 49.6 Å². The number of nitrogens with zero attached hydrogens (tertiary/aromatic N) is 3. The van der Waals surface area contributed by atoms with Crippen molar-refractivity contribution in [2.24, 2.45) is 5.92 Å². The summed E-state index contributed by atoms with van der Waals surface area (Å²) in [6.07, 6.45) is 9.63. The van der Waals surface area contributed by atoms with Crippen LogP contribution in [0.1, 0.15) is 54.7 Å². The molecular formula is C35H36ClFN6O2. The van der Waals surface area contributed by atoms with Crippen LogP contribution in [0, 0.1) is 11.7 Å². The first-order chi connectivity index (χ1) is 21.9. The highest BCUT2D eigenvalue weighted by molar-refractivity contribution is 6.30. The Labute approximate surface area is 267 Å². The maximum atomic E-state index is 15.4. The molecule has 10 heteroatoms. The average molecular weight is 627 g/mol. The van der Waals surface area contributed by atoms with Crippen molar-refractivity contribution in [1.29, 1.82) is 0 Å². The number of anilines is 2. The third-order valence-electron chi connectivity index (χ3n) is 9.04. The van der Waals surface area contributed by atoms with Gasteiger partial charge in [0.15, 0.2) is 0 Å². The highest BCUT2D eigenvalue weighted by Crippen LogP contribution is 2.42. The van der Waals surface area contributed by atoms with E-state index in [4.69, 9.17) is 11.6 Å². The summed E-state index contributed by atoms with van der Waals surface area (Å²) in [6.45, 7) is 0.316. The molecule has 6 rings (SSSR count). The lowest BCUT2D eigenvalue weighted by Gasteiger charge is -2.35. The summed E-state index contributed by atoms with van der Waals surface area (Å²) in [5.74, 6) is -0.0720. The quantitative estimate of drug-likeness (QED) is 0.177. The highest BCUT2D eigenvalue weighted by atomic mass is 35.5. The third kappa shape index (κ3) is 6.84. The molecule has 1 saturated carbocycles. The number of halogens is 2. The predicted octanol–water partition coefficient (Wildman–Crippen LogP) is 6.95. The first-order valence-electron chi connectivity index (χ1n) is 15.3. The molecule has 2 unspecified atom stereocenters. The number of hydrogen-bond acceptors (Lipinski definition) is 5. The van der Waals surface area contributed by atoms with Crippen molar-refractivity contribution in [1.82, 2.24) is 20.2 Å². The van der Waals surface area contributed by atoms with Crippen molar-refractivity contribution in [2.75, 3.05) is 24.2 Å². The fourth-order valence-electron chi connectivity index (χ4n) is 6.34. The largest absolute Gasteiger partial charge is 0.323 e. The lowest BCUT2D eigenvalue weighted by atomic mass is 9.79. The van der Waals surface area contributed by atoms with Crippen LogP contribution in [-0.4, -0.2) is 46.4 Å². The first kappa shape index (κ1) is 30.7. The molecule has 1 saturated heterocycles. The minimum Gasteiger partial charge on any atom is -0.322 e. The van der Waals surface area contributed by atoms with Gasteiger partial charge in [-0.25, -0.2) is 14.2 Å². The predicted molar refractivity (Wildman–Crippen MR) is 174 cm³/mol. The normalized spacial score (nSPS) is 19.1. The number of likely N-dealkylation sites (tertiary alicyclic amines) is 1. The lowest BCUT2D eigenvalue weighted by Crippen LogP contribution is -2.45. The van der Waals surface area contributed by atoms with Gasteiger partial charge < -0.3 is 15.5 Å². The Kier molecular flexibility index (Phi) is 9.09. The van der Waals surface area contributed by atoms with Gasteiger partial charge in [0, 0.05) is 31.1 Å². The number of aromatic nitrogens is 2. The Morgan fingerprint density at radius 3 is 2.47 bits per heavy atom. The van der Waals surface area contributed by atoms with Crippen LogP contribution < -0.4 is 16.0 Å². The number of amides is 3. The van der Waals surface area contributed by atoms with Gasteiger partial charge in [-0.1, -0.05) is 60.8 Å². The number of rotatable bonds is 10. The second-order valence-corrected chi connectivity index (χ2v) is 12.3. The highest BCUT2D eigenvalue weighted by Gasteiger charge is 2.41. The molecule has 8 nitrogen and oxygen atoms in total. The fraction of sp³-hybridized carbons (Fsp3) is 0.314. The van der Waals surface area contributed by atoms with Gasteiger partial charge in [-0.2, -0.15) is 0 Å². The van der Waals surface area contributed by atoms with Crippen LogP contribution in [0.3, 0.4) is 0 Å². The summed E-state index contributed by atoms with van der Waals surface area (Å²) >= 11 is 5.96. The van der Waals surface area contributed by atoms with E-state index in [2.05, 4.69) is 25.9 Å². The average Bonchev–Trinajstić information content (AvgIpc) is 3.79. The standard InChI is InChI=1S/C35H36ClFN6O2/c1-38-35(16-13-23-7-8-23,26-14-17-39-18-15-26)27-9-11-29(37)30(20-27)41-33(44)31-19-25(24-5-3-2-4-6-24)22-43(31)34(45)42-32-12-10-28(36)21-40-32/h2-6,9-12,14-15,17-18,20-21,23,25,31,38H,7-8,13,16,19,22H2,1H3,(H,41,44)(H,40,42,45)/t25?,31-,35?/m1/s1. The number of pyridine rings is 2. The van der Waals surface area contributed by atoms with E-state index in [9.17, 15) is 9.59 Å². The molecule has 1 aliphatic heterocycles. The van der Waals surface area contributed by atoms with Gasteiger partial charge in [0.05, 0.1) is 16.2 Å². The molecule has 0 bridgehead atoms. The topological polar surface area (TPSA) is 99.3 Å². The number of benzene rings is 2. The van der Waals surface area contributed by atoms with Gasteiger partial charge in [-0.05, 0) is 85.3 Å². The van der Waals surface area contributed by atoms with E-state index in [0.717, 1.165) is 29.5 Å². The number of carbonyl (C=O) groups is 2. The van der Waals surface area contributed by atoms with Gasteiger partial charge >= 0.3 is 6.03 Å². The van der Waals surface area contributed by atoms with Gasteiger partial charge in [0.25, 0.3) is 0 Å². The van der Waals surface area contributed by atoms with Crippen LogP contribution >= 0.6 is 11.6 Å². The van der Waals surface area contributed by atoms with Gasteiger partial charge in [-0.15, -0.1) is 0 Å². The minimum absolute atomic E-state index is 0.0699. The van der Waals surface area contributed by atoms with Crippen molar-refractivity contribution in [3.8, 4) is 0 Å². The summed E-state index contributed by atoms with van der Waals surface area (Å²) < 4.78 is 15.4. The number of nitrogens with one attached hydrogen (secondary N) is 3. The SMILES string of the molecule is CNC(CCC1CC1)(c1ccncc1)c1ccc(F)c(NC(=O)[C@H]2CC(c3ccccc3)CN2C(=O)Nc2ccc(Cl)cn2)c1. The van der Waals surface area contributed by atoms with E-state index < -0.39 is 29.3 Å². The summed E-state index contributed by atoms with van der Waals surface area (Å²) in [7, 11) is 1.91. The van der Waals surface area contributed by atoms with Crippen LogP contribution in [-0.2, 0) is 10.3 Å². The molecule has 3 amide bonds. The number of carbonyl (C=O) groups excluding carboxylic acids is 2. The lowest BCUT2D eigenvalue weighted by molar-refractivity contribution is -0.119. The molecule has 232 valence electrons. The monoisotopic (exact) mass is 626 g/mol. The molecule has 2 aliphatic rings. The Hall–Kier alpha value is -4.34. The summed E-state index contributed by atoms with van der Waals surface area (Å²) in [6, 6.07) is 20.5. The number of hydrogen-bond donors (Lipinski definition) is 3. The van der Waals surface area contributed by atoms with Crippen LogP contribution in [0.2, 0.25) is 5.02 Å². The Balaban J connectivity index is 1.28. The number of urea groups is 1. The van der Waals surface area contributed by atoms with E-state index in [1.807, 2.05) is 49.5 Å². The summed E-state index contributed by atoms with van der Waals surface area (Å²) in [5, 5.41) is 9.58. The van der Waals surface area contributed by atoms with Crippen LogP contribution in [0.5, 0.6) is 0 Å². The van der Waals surface area contributed by atoms with Gasteiger partial charge in [0.2, 0.25) is 5.91 Å². The molecule has 3 N–H and O–H groups in total. The molecule has 0 radical (unpaired) electrons. The van der Waals surface area contributed by atoms with Crippen LogP contribution in [0.4, 0.5) is 20.7 Å². The van der Waals surface area contributed by atoms with Crippen molar-refractivity contribution >= 4 is 35.0 Å². The molecule has 0 spiro atoms. The molecule has 2 aromatic carbocycles. The van der Waals surface area contributed by atoms with Crippen molar-refractivity contribution in [3.63, 3.8) is 0 Å². The van der Waals surface area contributed by atoms with E-state index >= 15 is 4.39 Å². The fourth-order valence-corrected chi connectivity index (χ4v) is 6.45. The Morgan fingerprint density at radius 1 is 1.00 bits per heavy atom.